The maximum absolute atomic E-state index is 9.85. The molecular formula is C13H22N2O. The molecule has 3 heteroatoms. The van der Waals surface area contributed by atoms with Gasteiger partial charge in [-0.05, 0) is 46.1 Å². The fourth-order valence-corrected chi connectivity index (χ4v) is 1.50. The molecule has 3 nitrogen and oxygen atoms in total. The Balaban J connectivity index is 2.29. The Morgan fingerprint density at radius 1 is 1.25 bits per heavy atom. The van der Waals surface area contributed by atoms with Gasteiger partial charge in [0.1, 0.15) is 6.23 Å². The predicted molar refractivity (Wildman–Crippen MR) is 67.3 cm³/mol. The van der Waals surface area contributed by atoms with Crippen molar-refractivity contribution >= 4 is 0 Å². The van der Waals surface area contributed by atoms with Crippen LogP contribution in [0.3, 0.4) is 0 Å². The Hall–Kier alpha value is -0.900. The van der Waals surface area contributed by atoms with Crippen molar-refractivity contribution in [2.75, 3.05) is 27.2 Å². The lowest BCUT2D eigenvalue weighted by atomic mass is 10.1. The Kier molecular flexibility index (Phi) is 5.46. The molecule has 0 bridgehead atoms. The number of benzene rings is 1. The Bertz CT molecular complexity index is 295. The fraction of sp³-hybridized carbons (Fsp3) is 0.538. The zero-order chi connectivity index (χ0) is 12.0. The number of aliphatic hydroxyl groups excluding tert-OH is 1. The van der Waals surface area contributed by atoms with Crippen molar-refractivity contribution in [2.45, 2.75) is 19.6 Å². The monoisotopic (exact) mass is 222 g/mol. The average Bonchev–Trinajstić information content (AvgIpc) is 2.25. The van der Waals surface area contributed by atoms with Gasteiger partial charge in [-0.15, -0.1) is 0 Å². The molecule has 0 heterocycles. The first kappa shape index (κ1) is 13.2. The molecule has 90 valence electrons. The van der Waals surface area contributed by atoms with Crippen molar-refractivity contribution in [3.05, 3.63) is 35.4 Å². The maximum Gasteiger partial charge on any atom is 0.131 e. The topological polar surface area (TPSA) is 35.5 Å². The Morgan fingerprint density at radius 2 is 1.88 bits per heavy atom. The van der Waals surface area contributed by atoms with Crippen molar-refractivity contribution in [3.8, 4) is 0 Å². The van der Waals surface area contributed by atoms with Gasteiger partial charge in [0, 0.05) is 0 Å². The van der Waals surface area contributed by atoms with Gasteiger partial charge >= 0.3 is 0 Å². The normalized spacial score (nSPS) is 13.1. The van der Waals surface area contributed by atoms with E-state index in [1.165, 1.54) is 5.56 Å². The molecule has 1 atom stereocenters. The van der Waals surface area contributed by atoms with E-state index in [4.69, 9.17) is 0 Å². The molecule has 1 unspecified atom stereocenters. The number of nitrogens with one attached hydrogen (secondary N) is 1. The van der Waals surface area contributed by atoms with Crippen LogP contribution in [0.15, 0.2) is 24.3 Å². The molecule has 0 aliphatic carbocycles. The molecule has 1 rings (SSSR count). The molecule has 16 heavy (non-hydrogen) atoms. The van der Waals surface area contributed by atoms with E-state index >= 15 is 0 Å². The van der Waals surface area contributed by atoms with E-state index in [0.29, 0.717) is 0 Å². The minimum Gasteiger partial charge on any atom is -0.374 e. The molecule has 0 fully saturated rings. The van der Waals surface area contributed by atoms with E-state index in [-0.39, 0.29) is 0 Å². The van der Waals surface area contributed by atoms with Crippen LogP contribution in [0.2, 0.25) is 0 Å². The molecule has 0 saturated heterocycles. The van der Waals surface area contributed by atoms with E-state index in [2.05, 4.69) is 24.3 Å². The van der Waals surface area contributed by atoms with Crippen LogP contribution in [0.1, 0.15) is 23.8 Å². The zero-order valence-electron chi connectivity index (χ0n) is 10.4. The van der Waals surface area contributed by atoms with E-state index < -0.39 is 6.23 Å². The second kappa shape index (κ2) is 6.63. The largest absolute Gasteiger partial charge is 0.374 e. The lowest BCUT2D eigenvalue weighted by Gasteiger charge is -2.14. The highest BCUT2D eigenvalue weighted by Crippen LogP contribution is 2.10. The molecule has 0 saturated carbocycles. The van der Waals surface area contributed by atoms with Crippen LogP contribution in [0.25, 0.3) is 0 Å². The molecule has 2 N–H and O–H groups in total. The fourth-order valence-electron chi connectivity index (χ4n) is 1.50. The summed E-state index contributed by atoms with van der Waals surface area (Å²) in [4.78, 5) is 2.14. The summed E-state index contributed by atoms with van der Waals surface area (Å²) in [7, 11) is 4.10. The summed E-state index contributed by atoms with van der Waals surface area (Å²) < 4.78 is 0. The standard InChI is InChI=1S/C13H22N2O/c1-11-5-7-12(8-6-11)13(16)14-9-4-10-15(2)3/h5-8,13-14,16H,4,9-10H2,1-3H3. The molecular weight excluding hydrogens is 200 g/mol. The Labute approximate surface area is 98.1 Å². The first-order chi connectivity index (χ1) is 7.59. The highest BCUT2D eigenvalue weighted by atomic mass is 16.3. The second-order valence-corrected chi connectivity index (χ2v) is 4.42. The number of nitrogens with zero attached hydrogens (tertiary/aromatic N) is 1. The SMILES string of the molecule is Cc1ccc(C(O)NCCCN(C)C)cc1. The van der Waals surface area contributed by atoms with Gasteiger partial charge in [0.15, 0.2) is 0 Å². The van der Waals surface area contributed by atoms with Crippen LogP contribution in [0.5, 0.6) is 0 Å². The third kappa shape index (κ3) is 4.75. The lowest BCUT2D eigenvalue weighted by molar-refractivity contribution is 0.138. The maximum atomic E-state index is 9.85. The summed E-state index contributed by atoms with van der Waals surface area (Å²) >= 11 is 0. The van der Waals surface area contributed by atoms with Gasteiger partial charge < -0.3 is 10.0 Å². The van der Waals surface area contributed by atoms with Gasteiger partial charge in [0.05, 0.1) is 0 Å². The predicted octanol–water partition coefficient (Wildman–Crippen LogP) is 1.53. The van der Waals surface area contributed by atoms with Crippen LogP contribution in [0, 0.1) is 6.92 Å². The third-order valence-electron chi connectivity index (χ3n) is 2.51. The van der Waals surface area contributed by atoms with Crippen molar-refractivity contribution in [1.82, 2.24) is 10.2 Å². The number of aliphatic hydroxyl groups is 1. The number of hydrogen-bond acceptors (Lipinski definition) is 3. The molecule has 1 aromatic carbocycles. The van der Waals surface area contributed by atoms with Crippen molar-refractivity contribution < 1.29 is 5.11 Å². The van der Waals surface area contributed by atoms with Gasteiger partial charge in [-0.25, -0.2) is 0 Å². The summed E-state index contributed by atoms with van der Waals surface area (Å²) in [5.74, 6) is 0. The zero-order valence-corrected chi connectivity index (χ0v) is 10.4. The molecule has 0 aliphatic heterocycles. The number of rotatable bonds is 6. The van der Waals surface area contributed by atoms with Crippen LogP contribution in [-0.2, 0) is 0 Å². The quantitative estimate of drug-likeness (QED) is 0.566. The average molecular weight is 222 g/mol. The van der Waals surface area contributed by atoms with E-state index in [1.54, 1.807) is 0 Å². The number of aryl methyl sites for hydroxylation is 1. The minimum atomic E-state index is -0.553. The summed E-state index contributed by atoms with van der Waals surface area (Å²) in [6, 6.07) is 7.94. The summed E-state index contributed by atoms with van der Waals surface area (Å²) in [6.07, 6.45) is 0.485. The summed E-state index contributed by atoms with van der Waals surface area (Å²) in [6.45, 7) is 3.90. The van der Waals surface area contributed by atoms with Gasteiger partial charge in [0.2, 0.25) is 0 Å². The molecule has 0 amide bonds. The van der Waals surface area contributed by atoms with Crippen LogP contribution in [-0.4, -0.2) is 37.2 Å². The van der Waals surface area contributed by atoms with Crippen LogP contribution < -0.4 is 5.32 Å². The van der Waals surface area contributed by atoms with Gasteiger partial charge in [-0.3, -0.25) is 5.32 Å². The Morgan fingerprint density at radius 3 is 2.44 bits per heavy atom. The van der Waals surface area contributed by atoms with Crippen molar-refractivity contribution in [1.29, 1.82) is 0 Å². The van der Waals surface area contributed by atoms with Crippen LogP contribution >= 0.6 is 0 Å². The van der Waals surface area contributed by atoms with E-state index in [9.17, 15) is 5.11 Å². The lowest BCUT2D eigenvalue weighted by Crippen LogP contribution is -2.25. The minimum absolute atomic E-state index is 0.553. The molecule has 0 radical (unpaired) electrons. The summed E-state index contributed by atoms with van der Waals surface area (Å²) in [5.41, 5.74) is 2.14. The van der Waals surface area contributed by atoms with Gasteiger partial charge in [-0.1, -0.05) is 29.8 Å². The summed E-state index contributed by atoms with van der Waals surface area (Å²) in [5, 5.41) is 13.0. The highest BCUT2D eigenvalue weighted by Gasteiger charge is 2.05. The number of hydrogen-bond donors (Lipinski definition) is 2. The first-order valence-corrected chi connectivity index (χ1v) is 5.72. The first-order valence-electron chi connectivity index (χ1n) is 5.72. The second-order valence-electron chi connectivity index (χ2n) is 4.42. The smallest absolute Gasteiger partial charge is 0.131 e. The molecule has 1 aromatic rings. The highest BCUT2D eigenvalue weighted by molar-refractivity contribution is 5.22. The van der Waals surface area contributed by atoms with Gasteiger partial charge in [0.25, 0.3) is 0 Å². The third-order valence-corrected chi connectivity index (χ3v) is 2.51. The van der Waals surface area contributed by atoms with E-state index in [0.717, 1.165) is 25.1 Å². The van der Waals surface area contributed by atoms with Crippen molar-refractivity contribution in [2.24, 2.45) is 0 Å². The molecule has 0 aromatic heterocycles. The molecule has 0 aliphatic rings. The van der Waals surface area contributed by atoms with E-state index in [1.807, 2.05) is 31.2 Å². The van der Waals surface area contributed by atoms with Crippen LogP contribution in [0.4, 0.5) is 0 Å². The van der Waals surface area contributed by atoms with Gasteiger partial charge in [-0.2, -0.15) is 0 Å². The molecule has 0 spiro atoms. The van der Waals surface area contributed by atoms with Crippen molar-refractivity contribution in [3.63, 3.8) is 0 Å².